The molecule has 174 valence electrons. The number of hydrogen-bond acceptors (Lipinski definition) is 5. The topological polar surface area (TPSA) is 72.8 Å². The summed E-state index contributed by atoms with van der Waals surface area (Å²) in [6, 6.07) is 0. The van der Waals surface area contributed by atoms with Crippen molar-refractivity contribution in [3.63, 3.8) is 0 Å². The number of ether oxygens (including phenoxy) is 2. The summed E-state index contributed by atoms with van der Waals surface area (Å²) in [5.41, 5.74) is -1.38. The molecule has 6 atom stereocenters. The van der Waals surface area contributed by atoms with Crippen molar-refractivity contribution in [3.8, 4) is 0 Å². The van der Waals surface area contributed by atoms with Crippen molar-refractivity contribution < 1.29 is 24.2 Å². The summed E-state index contributed by atoms with van der Waals surface area (Å²) >= 11 is 0. The molecule has 29 heavy (non-hydrogen) atoms. The van der Waals surface area contributed by atoms with E-state index in [2.05, 4.69) is 0 Å². The van der Waals surface area contributed by atoms with E-state index in [-0.39, 0.29) is 29.7 Å². The first-order valence-corrected chi connectivity index (χ1v) is 11.3. The summed E-state index contributed by atoms with van der Waals surface area (Å²) in [4.78, 5) is 24.7. The number of carbonyl (C=O) groups is 2. The molecule has 1 heterocycles. The van der Waals surface area contributed by atoms with Crippen LogP contribution in [0, 0.1) is 17.8 Å². The zero-order valence-corrected chi connectivity index (χ0v) is 21.0. The lowest BCUT2D eigenvalue weighted by molar-refractivity contribution is -0.170. The molecule has 1 rings (SSSR count). The van der Waals surface area contributed by atoms with Gasteiger partial charge in [0.2, 0.25) is 0 Å². The molecular formula is C24H48O5. The summed E-state index contributed by atoms with van der Waals surface area (Å²) in [5, 5.41) is 10.6. The second-order valence-corrected chi connectivity index (χ2v) is 6.90. The predicted octanol–water partition coefficient (Wildman–Crippen LogP) is 5.59. The average molecular weight is 417 g/mol. The van der Waals surface area contributed by atoms with Crippen LogP contribution in [-0.4, -0.2) is 41.8 Å². The van der Waals surface area contributed by atoms with Gasteiger partial charge in [0, 0.05) is 13.0 Å². The highest BCUT2D eigenvalue weighted by Gasteiger charge is 2.37. The van der Waals surface area contributed by atoms with E-state index in [1.54, 1.807) is 21.0 Å². The number of rotatable bonds is 2. The van der Waals surface area contributed by atoms with Gasteiger partial charge in [-0.25, -0.2) is 0 Å². The van der Waals surface area contributed by atoms with Crippen molar-refractivity contribution in [1.82, 2.24) is 0 Å². The maximum Gasteiger partial charge on any atom is 0.311 e. The molecule has 5 nitrogen and oxygen atoms in total. The molecule has 0 fully saturated rings. The van der Waals surface area contributed by atoms with Crippen LogP contribution in [0.1, 0.15) is 89.0 Å². The van der Waals surface area contributed by atoms with E-state index < -0.39 is 17.6 Å². The Bertz CT molecular complexity index is 456. The molecular weight excluding hydrogens is 368 g/mol. The molecule has 0 spiro atoms. The van der Waals surface area contributed by atoms with Gasteiger partial charge in [-0.2, -0.15) is 0 Å². The Morgan fingerprint density at radius 2 is 1.59 bits per heavy atom. The van der Waals surface area contributed by atoms with Crippen molar-refractivity contribution in [3.05, 3.63) is 12.2 Å². The second-order valence-electron chi connectivity index (χ2n) is 6.90. The van der Waals surface area contributed by atoms with Gasteiger partial charge in [0.05, 0.1) is 12.0 Å². The van der Waals surface area contributed by atoms with Crippen LogP contribution in [0.5, 0.6) is 0 Å². The summed E-state index contributed by atoms with van der Waals surface area (Å²) in [7, 11) is 1.57. The molecule has 0 saturated heterocycles. The summed E-state index contributed by atoms with van der Waals surface area (Å²) < 4.78 is 11.0. The van der Waals surface area contributed by atoms with Gasteiger partial charge < -0.3 is 14.6 Å². The lowest BCUT2D eigenvalue weighted by atomic mass is 9.84. The van der Waals surface area contributed by atoms with E-state index in [0.29, 0.717) is 12.8 Å². The van der Waals surface area contributed by atoms with Crippen LogP contribution < -0.4 is 0 Å². The van der Waals surface area contributed by atoms with Crippen molar-refractivity contribution in [2.24, 2.45) is 17.8 Å². The van der Waals surface area contributed by atoms with Crippen LogP contribution in [0.25, 0.3) is 0 Å². The third kappa shape index (κ3) is 10.9. The third-order valence-electron chi connectivity index (χ3n) is 4.77. The van der Waals surface area contributed by atoms with Crippen LogP contribution in [-0.2, 0) is 19.1 Å². The van der Waals surface area contributed by atoms with Crippen LogP contribution in [0.4, 0.5) is 0 Å². The smallest absolute Gasteiger partial charge is 0.311 e. The van der Waals surface area contributed by atoms with E-state index in [9.17, 15) is 14.7 Å². The molecule has 0 aliphatic carbocycles. The van der Waals surface area contributed by atoms with Gasteiger partial charge in [-0.3, -0.25) is 9.59 Å². The largest absolute Gasteiger partial charge is 0.459 e. The normalized spacial score (nSPS) is 33.6. The highest BCUT2D eigenvalue weighted by Crippen LogP contribution is 2.28. The number of carbonyl (C=O) groups excluding carboxylic acids is 2. The van der Waals surface area contributed by atoms with Crippen molar-refractivity contribution in [2.45, 2.75) is 107 Å². The molecule has 0 radical (unpaired) electrons. The van der Waals surface area contributed by atoms with E-state index in [0.717, 1.165) is 0 Å². The van der Waals surface area contributed by atoms with E-state index in [4.69, 9.17) is 9.47 Å². The molecule has 0 aromatic carbocycles. The Kier molecular flexibility index (Phi) is 19.7. The molecule has 1 aliphatic heterocycles. The summed E-state index contributed by atoms with van der Waals surface area (Å²) in [6.07, 6.45) is 2.87. The van der Waals surface area contributed by atoms with Gasteiger partial charge in [-0.05, 0) is 44.8 Å². The Hall–Kier alpha value is -1.20. The highest BCUT2D eigenvalue weighted by molar-refractivity contribution is 5.91. The molecule has 1 aliphatic rings. The fourth-order valence-electron chi connectivity index (χ4n) is 3.26. The van der Waals surface area contributed by atoms with Gasteiger partial charge in [0.15, 0.2) is 5.78 Å². The number of esters is 1. The van der Waals surface area contributed by atoms with Crippen molar-refractivity contribution in [1.29, 1.82) is 0 Å². The Morgan fingerprint density at radius 1 is 1.10 bits per heavy atom. The van der Waals surface area contributed by atoms with Gasteiger partial charge >= 0.3 is 5.97 Å². The zero-order chi connectivity index (χ0) is 23.8. The molecule has 1 N–H and O–H groups in total. The lowest BCUT2D eigenvalue weighted by Crippen LogP contribution is -2.44. The fourth-order valence-corrected chi connectivity index (χ4v) is 3.26. The predicted molar refractivity (Wildman–Crippen MR) is 122 cm³/mol. The number of allylic oxidation sites excluding steroid dienone is 1. The van der Waals surface area contributed by atoms with Gasteiger partial charge in [-0.15, -0.1) is 0 Å². The minimum Gasteiger partial charge on any atom is -0.459 e. The van der Waals surface area contributed by atoms with E-state index >= 15 is 0 Å². The number of cyclic esters (lactones) is 1. The first-order valence-electron chi connectivity index (χ1n) is 11.3. The van der Waals surface area contributed by atoms with Crippen LogP contribution in [0.15, 0.2) is 12.2 Å². The third-order valence-corrected chi connectivity index (χ3v) is 4.77. The Morgan fingerprint density at radius 3 is 2.00 bits per heavy atom. The van der Waals surface area contributed by atoms with Crippen LogP contribution in [0.3, 0.4) is 0 Å². The molecule has 0 unspecified atom stereocenters. The van der Waals surface area contributed by atoms with Crippen LogP contribution >= 0.6 is 0 Å². The molecule has 5 heteroatoms. The molecule has 0 aromatic heterocycles. The molecule has 0 amide bonds. The van der Waals surface area contributed by atoms with Crippen LogP contribution in [0.2, 0.25) is 0 Å². The monoisotopic (exact) mass is 416 g/mol. The van der Waals surface area contributed by atoms with Gasteiger partial charge in [0.25, 0.3) is 0 Å². The maximum atomic E-state index is 12.4. The fraction of sp³-hybridized carbons (Fsp3) is 0.833. The van der Waals surface area contributed by atoms with Crippen molar-refractivity contribution in [2.75, 3.05) is 7.11 Å². The Balaban J connectivity index is -0.00000103. The molecule has 0 saturated carbocycles. The van der Waals surface area contributed by atoms with Crippen molar-refractivity contribution >= 4 is 11.8 Å². The number of methoxy groups -OCH3 is 1. The standard InChI is InChI=1S/C18H30O5.3C2H6/c1-7-15-18(5,21)9-8-14(19)11(2)10-12(3)16(22-6)13(4)17(20)23-15;3*1-2/h8-9,11-13,15-16,21H,7,10H2,1-6H3;3*1-2H3/b9-8+;;;/t11-,12+,13-,15-,16+,18+;;;/m1.../s1. The highest BCUT2D eigenvalue weighted by atomic mass is 16.6. The SMILES string of the molecule is CC.CC.CC.CC[C@H]1OC(=O)[C@H](C)[C@@H](OC)[C@@H](C)C[C@@H](C)C(=O)/C=C/[C@]1(C)O. The summed E-state index contributed by atoms with van der Waals surface area (Å²) in [5.74, 6) is -1.05. The van der Waals surface area contributed by atoms with Gasteiger partial charge in [-0.1, -0.05) is 62.3 Å². The number of aliphatic hydroxyl groups is 1. The second kappa shape index (κ2) is 17.6. The summed E-state index contributed by atoms with van der Waals surface area (Å²) in [6.45, 7) is 21.0. The maximum absolute atomic E-state index is 12.4. The van der Waals surface area contributed by atoms with E-state index in [1.165, 1.54) is 12.2 Å². The minimum atomic E-state index is -1.38. The Labute approximate surface area is 180 Å². The number of hydrogen-bond donors (Lipinski definition) is 1. The molecule has 0 aromatic rings. The lowest BCUT2D eigenvalue weighted by Gasteiger charge is -2.33. The van der Waals surface area contributed by atoms with Gasteiger partial charge in [0.1, 0.15) is 11.7 Å². The first kappa shape index (κ1) is 32.5. The van der Waals surface area contributed by atoms with E-state index in [1.807, 2.05) is 62.3 Å². The minimum absolute atomic E-state index is 0.0370. The number of ketones is 1. The molecule has 0 bridgehead atoms. The first-order chi connectivity index (χ1) is 13.6. The zero-order valence-electron chi connectivity index (χ0n) is 21.0. The average Bonchev–Trinajstić information content (AvgIpc) is 2.73. The quantitative estimate of drug-likeness (QED) is 0.594.